The van der Waals surface area contributed by atoms with Gasteiger partial charge in [0.1, 0.15) is 0 Å². The molecule has 0 radical (unpaired) electrons. The zero-order valence-electron chi connectivity index (χ0n) is 4.42. The summed E-state index contributed by atoms with van der Waals surface area (Å²) in [5.74, 6) is 0. The molecule has 1 nitrogen and oxygen atoms in total. The fourth-order valence-corrected chi connectivity index (χ4v) is 1.08. The summed E-state index contributed by atoms with van der Waals surface area (Å²) >= 11 is 1.80. The van der Waals surface area contributed by atoms with E-state index in [1.165, 1.54) is 0 Å². The zero-order chi connectivity index (χ0) is 5.11. The van der Waals surface area contributed by atoms with Gasteiger partial charge < -0.3 is 0 Å². The summed E-state index contributed by atoms with van der Waals surface area (Å²) in [7, 11) is 0. The lowest BCUT2D eigenvalue weighted by atomic mass is 10.6. The van der Waals surface area contributed by atoms with E-state index < -0.39 is 0 Å². The van der Waals surface area contributed by atoms with Crippen LogP contribution in [-0.4, -0.2) is 23.7 Å². The van der Waals surface area contributed by atoms with Gasteiger partial charge in [-0.15, -0.1) is 0 Å². The second-order valence-corrected chi connectivity index (χ2v) is 2.38. The second kappa shape index (κ2) is 2.38. The highest BCUT2D eigenvalue weighted by molar-refractivity contribution is 7.96. The zero-order valence-corrected chi connectivity index (χ0v) is 5.24. The van der Waals surface area contributed by atoms with Crippen molar-refractivity contribution in [1.82, 2.24) is 4.31 Å². The quantitative estimate of drug-likeness (QED) is 0.372. The molecule has 0 saturated heterocycles. The molecule has 7 heavy (non-hydrogen) atoms. The monoisotopic (exact) mass is 115 g/mol. The Morgan fingerprint density at radius 2 is 2.00 bits per heavy atom. The predicted octanol–water partition coefficient (Wildman–Crippen LogP) is 1.14. The van der Waals surface area contributed by atoms with Crippen molar-refractivity contribution in [2.24, 2.45) is 0 Å². The maximum Gasteiger partial charge on any atom is 0.0274 e. The topological polar surface area (TPSA) is 3.24 Å². The Morgan fingerprint density at radius 1 is 1.43 bits per heavy atom. The summed E-state index contributed by atoms with van der Waals surface area (Å²) < 4.78 is 2.29. The van der Waals surface area contributed by atoms with Crippen molar-refractivity contribution < 1.29 is 0 Å². The Labute approximate surface area is 48.5 Å². The SMILES string of the molecule is CSN1CC=CC1. The summed E-state index contributed by atoms with van der Waals surface area (Å²) in [5.41, 5.74) is 0. The first-order chi connectivity index (χ1) is 3.43. The third-order valence-corrected chi connectivity index (χ3v) is 1.86. The van der Waals surface area contributed by atoms with E-state index >= 15 is 0 Å². The molecule has 0 aromatic rings. The highest BCUT2D eigenvalue weighted by Gasteiger charge is 2.00. The molecule has 0 amide bonds. The largest absolute Gasteiger partial charge is 0.243 e. The van der Waals surface area contributed by atoms with Crippen molar-refractivity contribution >= 4 is 11.9 Å². The van der Waals surface area contributed by atoms with Gasteiger partial charge in [-0.05, 0) is 6.26 Å². The van der Waals surface area contributed by atoms with Crippen molar-refractivity contribution in [2.45, 2.75) is 0 Å². The predicted molar refractivity (Wildman–Crippen MR) is 34.2 cm³/mol. The molecule has 2 heteroatoms. The average molecular weight is 115 g/mol. The lowest BCUT2D eigenvalue weighted by Crippen LogP contribution is -2.08. The summed E-state index contributed by atoms with van der Waals surface area (Å²) in [6.45, 7) is 2.25. The van der Waals surface area contributed by atoms with Crippen molar-refractivity contribution in [3.63, 3.8) is 0 Å². The van der Waals surface area contributed by atoms with Gasteiger partial charge in [0.15, 0.2) is 0 Å². The first kappa shape index (κ1) is 5.19. The summed E-state index contributed by atoms with van der Waals surface area (Å²) in [6, 6.07) is 0. The minimum atomic E-state index is 1.13. The summed E-state index contributed by atoms with van der Waals surface area (Å²) in [5, 5.41) is 0. The van der Waals surface area contributed by atoms with E-state index in [1.807, 2.05) is 0 Å². The fraction of sp³-hybridized carbons (Fsp3) is 0.600. The standard InChI is InChI=1S/C5H9NS/c1-7-6-4-2-3-5-6/h2-3H,4-5H2,1H3. The maximum absolute atomic E-state index is 2.29. The van der Waals surface area contributed by atoms with Crippen molar-refractivity contribution in [2.75, 3.05) is 19.3 Å². The first-order valence-corrected chi connectivity index (χ1v) is 3.55. The second-order valence-electron chi connectivity index (χ2n) is 1.50. The van der Waals surface area contributed by atoms with Crippen LogP contribution in [0.1, 0.15) is 0 Å². The summed E-state index contributed by atoms with van der Waals surface area (Å²) in [4.78, 5) is 0. The molecule has 1 rings (SSSR count). The molecular weight excluding hydrogens is 106 g/mol. The van der Waals surface area contributed by atoms with E-state index in [1.54, 1.807) is 11.9 Å². The molecule has 1 aliphatic heterocycles. The van der Waals surface area contributed by atoms with Crippen LogP contribution in [0.4, 0.5) is 0 Å². The van der Waals surface area contributed by atoms with Crippen molar-refractivity contribution in [1.29, 1.82) is 0 Å². The molecule has 40 valence electrons. The number of rotatable bonds is 1. The van der Waals surface area contributed by atoms with Gasteiger partial charge in [-0.1, -0.05) is 24.1 Å². The number of nitrogens with zero attached hydrogens (tertiary/aromatic N) is 1. The minimum Gasteiger partial charge on any atom is -0.243 e. The third kappa shape index (κ3) is 1.21. The van der Waals surface area contributed by atoms with Gasteiger partial charge in [-0.25, -0.2) is 4.31 Å². The van der Waals surface area contributed by atoms with Crippen LogP contribution < -0.4 is 0 Å². The van der Waals surface area contributed by atoms with Crippen LogP contribution in [0.15, 0.2) is 12.2 Å². The molecule has 0 saturated carbocycles. The molecule has 0 aliphatic carbocycles. The van der Waals surface area contributed by atoms with Gasteiger partial charge in [0.25, 0.3) is 0 Å². The molecule has 1 heterocycles. The molecule has 0 N–H and O–H groups in total. The van der Waals surface area contributed by atoms with E-state index in [0.717, 1.165) is 13.1 Å². The average Bonchev–Trinajstić information content (AvgIpc) is 2.14. The van der Waals surface area contributed by atoms with Crippen molar-refractivity contribution in [3.8, 4) is 0 Å². The lowest BCUT2D eigenvalue weighted by Gasteiger charge is -2.07. The molecule has 0 aromatic carbocycles. The maximum atomic E-state index is 2.29. The van der Waals surface area contributed by atoms with Gasteiger partial charge in [0.2, 0.25) is 0 Å². The molecule has 0 aromatic heterocycles. The molecule has 0 atom stereocenters. The van der Waals surface area contributed by atoms with E-state index in [-0.39, 0.29) is 0 Å². The highest BCUT2D eigenvalue weighted by Crippen LogP contribution is 2.08. The summed E-state index contributed by atoms with van der Waals surface area (Å²) in [6.07, 6.45) is 6.49. The van der Waals surface area contributed by atoms with Crippen LogP contribution in [0.5, 0.6) is 0 Å². The van der Waals surface area contributed by atoms with Crippen LogP contribution in [0.3, 0.4) is 0 Å². The Morgan fingerprint density at radius 3 is 2.29 bits per heavy atom. The van der Waals surface area contributed by atoms with Gasteiger partial charge in [0.05, 0.1) is 0 Å². The Balaban J connectivity index is 2.22. The van der Waals surface area contributed by atoms with Gasteiger partial charge in [0, 0.05) is 13.1 Å². The molecule has 0 spiro atoms. The Kier molecular flexibility index (Phi) is 1.77. The minimum absolute atomic E-state index is 1.13. The van der Waals surface area contributed by atoms with Crippen LogP contribution in [0, 0.1) is 0 Å². The van der Waals surface area contributed by atoms with Crippen LogP contribution >= 0.6 is 11.9 Å². The van der Waals surface area contributed by atoms with E-state index in [0.29, 0.717) is 0 Å². The molecule has 0 fully saturated rings. The first-order valence-electron chi connectivity index (χ1n) is 2.37. The smallest absolute Gasteiger partial charge is 0.0274 e. The van der Waals surface area contributed by atoms with Crippen molar-refractivity contribution in [3.05, 3.63) is 12.2 Å². The van der Waals surface area contributed by atoms with Gasteiger partial charge >= 0.3 is 0 Å². The van der Waals surface area contributed by atoms with E-state index in [4.69, 9.17) is 0 Å². The van der Waals surface area contributed by atoms with Crippen LogP contribution in [-0.2, 0) is 0 Å². The fourth-order valence-electron chi connectivity index (χ4n) is 0.608. The highest BCUT2D eigenvalue weighted by atomic mass is 32.2. The molecule has 1 aliphatic rings. The van der Waals surface area contributed by atoms with Gasteiger partial charge in [-0.3, -0.25) is 0 Å². The molecular formula is C5H9NS. The number of hydrogen-bond acceptors (Lipinski definition) is 2. The van der Waals surface area contributed by atoms with Gasteiger partial charge in [-0.2, -0.15) is 0 Å². The Bertz CT molecular complexity index is 72.1. The van der Waals surface area contributed by atoms with E-state index in [9.17, 15) is 0 Å². The number of hydrogen-bond donors (Lipinski definition) is 0. The lowest BCUT2D eigenvalue weighted by molar-refractivity contribution is 0.613. The Hall–Kier alpha value is 0.0500. The van der Waals surface area contributed by atoms with Crippen LogP contribution in [0.25, 0.3) is 0 Å². The molecule has 0 bridgehead atoms. The van der Waals surface area contributed by atoms with E-state index in [2.05, 4.69) is 22.7 Å². The van der Waals surface area contributed by atoms with Crippen LogP contribution in [0.2, 0.25) is 0 Å². The molecule has 0 unspecified atom stereocenters. The third-order valence-electron chi connectivity index (χ3n) is 1.04. The normalized spacial score (nSPS) is 21.3.